The normalized spacial score (nSPS) is 23.7. The Morgan fingerprint density at radius 2 is 2.20 bits per heavy atom. The highest BCUT2D eigenvalue weighted by molar-refractivity contribution is 6.36. The van der Waals surface area contributed by atoms with Gasteiger partial charge in [-0.05, 0) is 31.0 Å². The summed E-state index contributed by atoms with van der Waals surface area (Å²) in [6.45, 7) is 3.11. The molecule has 1 aromatic carbocycles. The number of amides is 1. The molecule has 160 valence electrons. The maximum Gasteiger partial charge on any atom is 0.224 e. The molecule has 0 aliphatic carbocycles. The predicted molar refractivity (Wildman–Crippen MR) is 114 cm³/mol. The summed E-state index contributed by atoms with van der Waals surface area (Å²) < 4.78 is 20.0. The van der Waals surface area contributed by atoms with E-state index in [1.807, 2.05) is 11.8 Å². The molecular weight excluding hydrogens is 432 g/mol. The first-order valence-corrected chi connectivity index (χ1v) is 10.5. The van der Waals surface area contributed by atoms with Crippen molar-refractivity contribution in [2.45, 2.75) is 31.8 Å². The topological polar surface area (TPSA) is 74.7 Å². The number of rotatable bonds is 4. The second-order valence-corrected chi connectivity index (χ2v) is 8.74. The number of benzene rings is 1. The summed E-state index contributed by atoms with van der Waals surface area (Å²) in [5, 5.41) is 14.7. The number of aliphatic hydroxyl groups is 1. The molecule has 1 aromatic heterocycles. The third kappa shape index (κ3) is 4.06. The molecule has 2 atom stereocenters. The molecule has 2 aromatic rings. The zero-order chi connectivity index (χ0) is 21.5. The largest absolute Gasteiger partial charge is 0.490 e. The van der Waals surface area contributed by atoms with Gasteiger partial charge in [0, 0.05) is 37.2 Å². The number of piperidine rings is 1. The van der Waals surface area contributed by atoms with Crippen molar-refractivity contribution >= 4 is 40.6 Å². The lowest BCUT2D eigenvalue weighted by atomic mass is 9.82. The quantitative estimate of drug-likeness (QED) is 0.729. The van der Waals surface area contributed by atoms with Crippen molar-refractivity contribution in [3.63, 3.8) is 0 Å². The number of nitrogens with zero attached hydrogens (tertiary/aromatic N) is 2. The Balaban J connectivity index is 1.46. The molecule has 4 rings (SSSR count). The fourth-order valence-corrected chi connectivity index (χ4v) is 4.48. The molecule has 1 amide bonds. The first-order valence-electron chi connectivity index (χ1n) is 9.79. The zero-order valence-electron chi connectivity index (χ0n) is 16.4. The van der Waals surface area contributed by atoms with E-state index in [0.29, 0.717) is 53.1 Å². The molecule has 0 bridgehead atoms. The molecule has 1 saturated heterocycles. The molecular formula is C21H22Cl2FN3O3. The molecule has 0 spiro atoms. The van der Waals surface area contributed by atoms with E-state index in [1.54, 1.807) is 18.3 Å². The molecule has 0 unspecified atom stereocenters. The highest BCUT2D eigenvalue weighted by Gasteiger charge is 2.40. The number of hydrogen-bond acceptors (Lipinski definition) is 5. The average molecular weight is 454 g/mol. The maximum atomic E-state index is 14.1. The summed E-state index contributed by atoms with van der Waals surface area (Å²) in [7, 11) is 0. The van der Waals surface area contributed by atoms with Crippen molar-refractivity contribution in [3.05, 3.63) is 45.8 Å². The summed E-state index contributed by atoms with van der Waals surface area (Å²) >= 11 is 12.2. The summed E-state index contributed by atoms with van der Waals surface area (Å²) in [4.78, 5) is 17.9. The van der Waals surface area contributed by atoms with Crippen LogP contribution in [0.5, 0.6) is 5.75 Å². The van der Waals surface area contributed by atoms with Gasteiger partial charge < -0.3 is 20.1 Å². The van der Waals surface area contributed by atoms with Crippen LogP contribution in [0.15, 0.2) is 24.4 Å². The molecule has 2 N–H and O–H groups in total. The Bertz CT molecular complexity index is 990. The molecule has 0 saturated carbocycles. The number of aromatic nitrogens is 1. The van der Waals surface area contributed by atoms with Crippen LogP contribution in [0.25, 0.3) is 0 Å². The number of carbonyl (C=O) groups is 1. The van der Waals surface area contributed by atoms with Gasteiger partial charge in [-0.3, -0.25) is 4.79 Å². The fourth-order valence-electron chi connectivity index (χ4n) is 3.98. The van der Waals surface area contributed by atoms with Crippen molar-refractivity contribution in [2.75, 3.05) is 29.9 Å². The van der Waals surface area contributed by atoms with Crippen LogP contribution < -0.4 is 15.0 Å². The average Bonchev–Trinajstić information content (AvgIpc) is 2.70. The van der Waals surface area contributed by atoms with Gasteiger partial charge in [0.25, 0.3) is 0 Å². The number of pyridine rings is 1. The minimum absolute atomic E-state index is 0.0653. The van der Waals surface area contributed by atoms with Gasteiger partial charge in [-0.15, -0.1) is 0 Å². The van der Waals surface area contributed by atoms with Gasteiger partial charge in [0.2, 0.25) is 5.91 Å². The molecule has 2 aliphatic rings. The van der Waals surface area contributed by atoms with Gasteiger partial charge in [0.05, 0.1) is 15.7 Å². The van der Waals surface area contributed by atoms with Gasteiger partial charge in [-0.25, -0.2) is 9.37 Å². The van der Waals surface area contributed by atoms with E-state index in [9.17, 15) is 14.3 Å². The monoisotopic (exact) mass is 453 g/mol. The van der Waals surface area contributed by atoms with Gasteiger partial charge >= 0.3 is 0 Å². The molecule has 0 radical (unpaired) electrons. The summed E-state index contributed by atoms with van der Waals surface area (Å²) in [5.74, 6) is 0.289. The fraction of sp³-hybridized carbons (Fsp3) is 0.429. The highest BCUT2D eigenvalue weighted by Crippen LogP contribution is 2.37. The molecule has 9 heteroatoms. The first-order chi connectivity index (χ1) is 14.3. The van der Waals surface area contributed by atoms with E-state index in [1.165, 1.54) is 6.07 Å². The summed E-state index contributed by atoms with van der Waals surface area (Å²) in [6.07, 6.45) is 2.68. The van der Waals surface area contributed by atoms with Crippen molar-refractivity contribution in [3.8, 4) is 5.75 Å². The Kier molecular flexibility index (Phi) is 5.79. The van der Waals surface area contributed by atoms with Gasteiger partial charge in [-0.2, -0.15) is 0 Å². The lowest BCUT2D eigenvalue weighted by Crippen LogP contribution is -2.54. The molecule has 6 nitrogen and oxygen atoms in total. The smallest absolute Gasteiger partial charge is 0.224 e. The SMILES string of the molecule is C[C@H]1CN(c2ncc(Cl)cc2Cl)CC[C@@]1(O)COc1ccc(F)c2c1CCC(=O)N2. The number of halogens is 3. The van der Waals surface area contributed by atoms with Crippen LogP contribution in [0.2, 0.25) is 10.0 Å². The van der Waals surface area contributed by atoms with Crippen LogP contribution in [0.1, 0.15) is 25.3 Å². The Morgan fingerprint density at radius 3 is 2.93 bits per heavy atom. The van der Waals surface area contributed by atoms with Crippen LogP contribution in [-0.2, 0) is 11.2 Å². The molecule has 3 heterocycles. The minimum atomic E-state index is -1.06. The minimum Gasteiger partial charge on any atom is -0.490 e. The highest BCUT2D eigenvalue weighted by atomic mass is 35.5. The van der Waals surface area contributed by atoms with Gasteiger partial charge in [-0.1, -0.05) is 30.1 Å². The predicted octanol–water partition coefficient (Wildman–Crippen LogP) is 4.07. The second-order valence-electron chi connectivity index (χ2n) is 7.90. The van der Waals surface area contributed by atoms with E-state index < -0.39 is 11.4 Å². The standard InChI is InChI=1S/C21H22Cl2FN3O3/c1-12-10-27(20-15(23)8-13(22)9-25-20)7-6-21(12,29)11-30-17-4-3-16(24)19-14(17)2-5-18(28)26-19/h3-4,8-9,12,29H,2,5-7,10-11H2,1H3,(H,26,28)/t12-,21+/m0/s1. The summed E-state index contributed by atoms with van der Waals surface area (Å²) in [5.41, 5.74) is -0.267. The Morgan fingerprint density at radius 1 is 1.40 bits per heavy atom. The number of anilines is 2. The lowest BCUT2D eigenvalue weighted by Gasteiger charge is -2.43. The number of nitrogens with one attached hydrogen (secondary N) is 1. The third-order valence-corrected chi connectivity index (χ3v) is 6.36. The number of ether oxygens (including phenoxy) is 1. The summed E-state index contributed by atoms with van der Waals surface area (Å²) in [6, 6.07) is 4.47. The van der Waals surface area contributed by atoms with Crippen LogP contribution in [0.3, 0.4) is 0 Å². The zero-order valence-corrected chi connectivity index (χ0v) is 17.9. The molecule has 2 aliphatic heterocycles. The van der Waals surface area contributed by atoms with Crippen LogP contribution in [-0.4, -0.2) is 41.3 Å². The van der Waals surface area contributed by atoms with Gasteiger partial charge in [0.1, 0.15) is 29.6 Å². The second kappa shape index (κ2) is 8.21. The van der Waals surface area contributed by atoms with E-state index >= 15 is 0 Å². The van der Waals surface area contributed by atoms with Crippen molar-refractivity contribution < 1.29 is 19.0 Å². The van der Waals surface area contributed by atoms with E-state index in [0.717, 1.165) is 0 Å². The first kappa shape index (κ1) is 21.2. The van der Waals surface area contributed by atoms with Crippen LogP contribution in [0.4, 0.5) is 15.9 Å². The Labute approximate surface area is 183 Å². The van der Waals surface area contributed by atoms with Crippen LogP contribution in [0, 0.1) is 11.7 Å². The number of carbonyl (C=O) groups excluding carboxylic acids is 1. The van der Waals surface area contributed by atoms with E-state index in [2.05, 4.69) is 10.3 Å². The van der Waals surface area contributed by atoms with Gasteiger partial charge in [0.15, 0.2) is 0 Å². The van der Waals surface area contributed by atoms with Crippen molar-refractivity contribution in [2.24, 2.45) is 5.92 Å². The van der Waals surface area contributed by atoms with E-state index in [4.69, 9.17) is 27.9 Å². The molecule has 30 heavy (non-hydrogen) atoms. The lowest BCUT2D eigenvalue weighted by molar-refractivity contribution is -0.116. The number of fused-ring (bicyclic) bond motifs is 1. The van der Waals surface area contributed by atoms with Crippen molar-refractivity contribution in [1.82, 2.24) is 4.98 Å². The van der Waals surface area contributed by atoms with E-state index in [-0.39, 0.29) is 30.5 Å². The Hall–Kier alpha value is -2.09. The maximum absolute atomic E-state index is 14.1. The van der Waals surface area contributed by atoms with Crippen LogP contribution >= 0.6 is 23.2 Å². The third-order valence-electron chi connectivity index (χ3n) is 5.88. The number of hydrogen-bond donors (Lipinski definition) is 2. The molecule has 1 fully saturated rings. The van der Waals surface area contributed by atoms with Crippen molar-refractivity contribution in [1.29, 1.82) is 0 Å².